The van der Waals surface area contributed by atoms with Crippen LogP contribution >= 0.6 is 11.3 Å². The van der Waals surface area contributed by atoms with Crippen molar-refractivity contribution in [2.75, 3.05) is 4.90 Å². The lowest BCUT2D eigenvalue weighted by molar-refractivity contribution is 0.754. The van der Waals surface area contributed by atoms with E-state index in [0.717, 1.165) is 6.42 Å². The van der Waals surface area contributed by atoms with Crippen molar-refractivity contribution in [3.05, 3.63) is 158 Å². The zero-order chi connectivity index (χ0) is 28.4. The fourth-order valence-electron chi connectivity index (χ4n) is 7.03. The number of rotatable bonds is 5. The second kappa shape index (κ2) is 9.55. The van der Waals surface area contributed by atoms with Gasteiger partial charge in [-0.2, -0.15) is 0 Å². The highest BCUT2D eigenvalue weighted by Gasteiger charge is 2.56. The zero-order valence-corrected chi connectivity index (χ0v) is 24.5. The minimum absolute atomic E-state index is 0.0171. The molecule has 2 unspecified atom stereocenters. The summed E-state index contributed by atoms with van der Waals surface area (Å²) in [6, 6.07) is 49.1. The number of nitrogens with zero attached hydrogens (tertiary/aromatic N) is 1. The molecular formula is C41H29NS. The van der Waals surface area contributed by atoms with Crippen molar-refractivity contribution in [3.8, 4) is 22.3 Å². The molecule has 0 aliphatic heterocycles. The summed E-state index contributed by atoms with van der Waals surface area (Å²) in [4.78, 5) is 2.62. The second-order valence-corrected chi connectivity index (χ2v) is 12.9. The zero-order valence-electron chi connectivity index (χ0n) is 23.7. The van der Waals surface area contributed by atoms with Crippen molar-refractivity contribution in [1.82, 2.24) is 0 Å². The van der Waals surface area contributed by atoms with Crippen LogP contribution in [0.5, 0.6) is 0 Å². The Labute approximate surface area is 255 Å². The Hall–Kier alpha value is -4.92. The van der Waals surface area contributed by atoms with Crippen LogP contribution in [0.4, 0.5) is 11.4 Å². The number of anilines is 2. The number of allylic oxidation sites excluding steroid dienone is 2. The Morgan fingerprint density at radius 1 is 0.581 bits per heavy atom. The Bertz CT molecular complexity index is 2230. The van der Waals surface area contributed by atoms with Crippen LogP contribution in [-0.2, 0) is 0 Å². The summed E-state index contributed by atoms with van der Waals surface area (Å²) in [5.74, 6) is 0.528. The minimum Gasteiger partial charge on any atom is -0.330 e. The van der Waals surface area contributed by atoms with E-state index in [1.165, 1.54) is 64.6 Å². The standard InChI is InChI=1S/C41H29NS/c1-2-10-30-26-33(19-18-28(30)9-1)32-12-7-11-31(25-32)29-20-22-35(23-21-29)42(41-24-6-5-13-34(41)27-41)38-16-8-15-37-36-14-3-4-17-39(36)43-40(37)38/h1-26,34H,27H2. The van der Waals surface area contributed by atoms with Gasteiger partial charge in [0.25, 0.3) is 0 Å². The number of fused-ring (bicyclic) bond motifs is 5. The molecule has 0 amide bonds. The summed E-state index contributed by atoms with van der Waals surface area (Å²) >= 11 is 1.91. The number of benzene rings is 6. The van der Waals surface area contributed by atoms with E-state index >= 15 is 0 Å². The molecular weight excluding hydrogens is 539 g/mol. The molecule has 2 aliphatic carbocycles. The van der Waals surface area contributed by atoms with Gasteiger partial charge in [0, 0.05) is 27.1 Å². The molecule has 7 aromatic rings. The van der Waals surface area contributed by atoms with E-state index in [2.05, 4.69) is 163 Å². The van der Waals surface area contributed by atoms with Gasteiger partial charge in [0.1, 0.15) is 0 Å². The van der Waals surface area contributed by atoms with E-state index in [-0.39, 0.29) is 5.54 Å². The third kappa shape index (κ3) is 3.98. The van der Waals surface area contributed by atoms with Crippen molar-refractivity contribution >= 4 is 53.7 Å². The van der Waals surface area contributed by atoms with Gasteiger partial charge >= 0.3 is 0 Å². The molecule has 204 valence electrons. The summed E-state index contributed by atoms with van der Waals surface area (Å²) in [7, 11) is 0. The molecule has 0 spiro atoms. The SMILES string of the molecule is C1=CC2CC2(N(c2ccc(-c3cccc(-c4ccc5ccccc5c4)c3)cc2)c2cccc3c2sc2ccccc23)C=C1. The predicted molar refractivity (Wildman–Crippen MR) is 185 cm³/mol. The van der Waals surface area contributed by atoms with E-state index in [4.69, 9.17) is 0 Å². The van der Waals surface area contributed by atoms with Gasteiger partial charge in [-0.3, -0.25) is 0 Å². The van der Waals surface area contributed by atoms with Crippen LogP contribution in [0, 0.1) is 5.92 Å². The number of thiophene rings is 1. The van der Waals surface area contributed by atoms with Crippen molar-refractivity contribution < 1.29 is 0 Å². The average Bonchev–Trinajstić information content (AvgIpc) is 3.69. The molecule has 6 aromatic carbocycles. The first-order valence-corrected chi connectivity index (χ1v) is 15.8. The number of hydrogen-bond donors (Lipinski definition) is 0. The normalized spacial score (nSPS) is 18.7. The van der Waals surface area contributed by atoms with Crippen molar-refractivity contribution in [3.63, 3.8) is 0 Å². The van der Waals surface area contributed by atoms with Crippen LogP contribution < -0.4 is 4.90 Å². The van der Waals surface area contributed by atoms with Crippen molar-refractivity contribution in [2.24, 2.45) is 5.92 Å². The van der Waals surface area contributed by atoms with E-state index in [1.54, 1.807) is 0 Å². The van der Waals surface area contributed by atoms with Gasteiger partial charge < -0.3 is 4.90 Å². The monoisotopic (exact) mass is 567 g/mol. The molecule has 43 heavy (non-hydrogen) atoms. The maximum absolute atomic E-state index is 2.62. The summed E-state index contributed by atoms with van der Waals surface area (Å²) in [6.45, 7) is 0. The molecule has 0 radical (unpaired) electrons. The van der Waals surface area contributed by atoms with Crippen molar-refractivity contribution in [2.45, 2.75) is 12.0 Å². The molecule has 2 aliphatic rings. The van der Waals surface area contributed by atoms with Gasteiger partial charge in [-0.25, -0.2) is 0 Å². The Morgan fingerprint density at radius 2 is 1.30 bits per heavy atom. The summed E-state index contributed by atoms with van der Waals surface area (Å²) < 4.78 is 2.70. The highest BCUT2D eigenvalue weighted by Crippen LogP contribution is 2.58. The van der Waals surface area contributed by atoms with Gasteiger partial charge in [-0.1, -0.05) is 121 Å². The third-order valence-corrected chi connectivity index (χ3v) is 10.5. The third-order valence-electron chi connectivity index (χ3n) is 9.31. The highest BCUT2D eigenvalue weighted by molar-refractivity contribution is 7.26. The molecule has 1 aromatic heterocycles. The molecule has 2 heteroatoms. The highest BCUT2D eigenvalue weighted by atomic mass is 32.1. The van der Waals surface area contributed by atoms with Gasteiger partial charge in [0.05, 0.1) is 15.9 Å². The topological polar surface area (TPSA) is 3.24 Å². The largest absolute Gasteiger partial charge is 0.330 e. The van der Waals surface area contributed by atoms with Crippen LogP contribution in [0.25, 0.3) is 53.2 Å². The van der Waals surface area contributed by atoms with Crippen LogP contribution in [0.15, 0.2) is 158 Å². The molecule has 2 atom stereocenters. The van der Waals surface area contributed by atoms with E-state index in [1.807, 2.05) is 11.3 Å². The fraction of sp³-hybridized carbons (Fsp3) is 0.0732. The molecule has 0 bridgehead atoms. The van der Waals surface area contributed by atoms with Crippen LogP contribution in [0.3, 0.4) is 0 Å². The Morgan fingerprint density at radius 3 is 2.19 bits per heavy atom. The Kier molecular flexibility index (Phi) is 5.48. The van der Waals surface area contributed by atoms with E-state index in [0.29, 0.717) is 5.92 Å². The van der Waals surface area contributed by atoms with Crippen LogP contribution in [0.2, 0.25) is 0 Å². The quantitative estimate of drug-likeness (QED) is 0.200. The minimum atomic E-state index is -0.0171. The van der Waals surface area contributed by atoms with Gasteiger partial charge in [0.2, 0.25) is 0 Å². The first-order valence-electron chi connectivity index (χ1n) is 15.0. The average molecular weight is 568 g/mol. The Balaban J connectivity index is 1.13. The van der Waals surface area contributed by atoms with E-state index in [9.17, 15) is 0 Å². The summed E-state index contributed by atoms with van der Waals surface area (Å²) in [5, 5.41) is 5.23. The lowest BCUT2D eigenvalue weighted by atomic mass is 9.97. The summed E-state index contributed by atoms with van der Waals surface area (Å²) in [6.07, 6.45) is 10.4. The smallest absolute Gasteiger partial charge is 0.0707 e. The summed E-state index contributed by atoms with van der Waals surface area (Å²) in [5.41, 5.74) is 7.47. The van der Waals surface area contributed by atoms with Gasteiger partial charge in [-0.05, 0) is 75.8 Å². The van der Waals surface area contributed by atoms with Crippen LogP contribution in [-0.4, -0.2) is 5.54 Å². The lowest BCUT2D eigenvalue weighted by Crippen LogP contribution is -2.34. The first-order chi connectivity index (χ1) is 21.3. The molecule has 0 saturated heterocycles. The fourth-order valence-corrected chi connectivity index (χ4v) is 8.24. The molecule has 0 N–H and O–H groups in total. The molecule has 1 saturated carbocycles. The predicted octanol–water partition coefficient (Wildman–Crippen LogP) is 11.6. The maximum Gasteiger partial charge on any atom is 0.0707 e. The maximum atomic E-state index is 2.62. The lowest BCUT2D eigenvalue weighted by Gasteiger charge is -2.34. The molecule has 1 nitrogen and oxygen atoms in total. The molecule has 9 rings (SSSR count). The second-order valence-electron chi connectivity index (χ2n) is 11.8. The van der Waals surface area contributed by atoms with Gasteiger partial charge in [0.15, 0.2) is 0 Å². The number of hydrogen-bond acceptors (Lipinski definition) is 2. The van der Waals surface area contributed by atoms with E-state index < -0.39 is 0 Å². The van der Waals surface area contributed by atoms with Gasteiger partial charge in [-0.15, -0.1) is 11.3 Å². The molecule has 1 heterocycles. The van der Waals surface area contributed by atoms with Crippen molar-refractivity contribution in [1.29, 1.82) is 0 Å². The van der Waals surface area contributed by atoms with Crippen LogP contribution in [0.1, 0.15) is 6.42 Å². The molecule has 1 fully saturated rings. The first kappa shape index (κ1) is 24.7.